The second-order valence-electron chi connectivity index (χ2n) is 5.75. The molecule has 0 amide bonds. The molecule has 0 saturated heterocycles. The van der Waals surface area contributed by atoms with Crippen LogP contribution in [0.5, 0.6) is 0 Å². The minimum Gasteiger partial charge on any atom is -0.460 e. The second-order valence-corrected chi connectivity index (χ2v) is 6.67. The number of fused-ring (bicyclic) bond motifs is 1. The summed E-state index contributed by atoms with van der Waals surface area (Å²) < 4.78 is 7.70. The Labute approximate surface area is 148 Å². The lowest BCUT2D eigenvalue weighted by molar-refractivity contribution is 0.526. The van der Waals surface area contributed by atoms with Crippen molar-refractivity contribution in [2.45, 2.75) is 33.1 Å². The highest BCUT2D eigenvalue weighted by Crippen LogP contribution is 2.20. The molecule has 1 aromatic carbocycles. The zero-order valence-electron chi connectivity index (χ0n) is 13.8. The number of nitrogens with zero attached hydrogens (tertiary/aromatic N) is 3. The van der Waals surface area contributed by atoms with Crippen molar-refractivity contribution in [3.63, 3.8) is 0 Å². The summed E-state index contributed by atoms with van der Waals surface area (Å²) in [6, 6.07) is 9.17. The first-order valence-corrected chi connectivity index (χ1v) is 8.62. The summed E-state index contributed by atoms with van der Waals surface area (Å²) in [5, 5.41) is 4.88. The van der Waals surface area contributed by atoms with Crippen LogP contribution < -0.4 is 5.56 Å². The third kappa shape index (κ3) is 3.19. The number of aryl methyl sites for hydroxylation is 1. The average molecular weight is 388 g/mol. The Kier molecular flexibility index (Phi) is 4.66. The van der Waals surface area contributed by atoms with Crippen molar-refractivity contribution in [2.75, 3.05) is 0 Å². The van der Waals surface area contributed by atoms with Gasteiger partial charge in [0.25, 0.3) is 5.56 Å². The molecule has 6 heteroatoms. The van der Waals surface area contributed by atoms with Gasteiger partial charge in [0.2, 0.25) is 0 Å². The van der Waals surface area contributed by atoms with Gasteiger partial charge >= 0.3 is 0 Å². The number of rotatable bonds is 4. The van der Waals surface area contributed by atoms with Crippen LogP contribution in [0.3, 0.4) is 0 Å². The molecule has 0 radical (unpaired) electrons. The van der Waals surface area contributed by atoms with E-state index in [4.69, 9.17) is 4.42 Å². The summed E-state index contributed by atoms with van der Waals surface area (Å²) in [5.41, 5.74) is 0.495. The fourth-order valence-electron chi connectivity index (χ4n) is 2.42. The van der Waals surface area contributed by atoms with Crippen molar-refractivity contribution in [1.82, 2.24) is 9.66 Å². The maximum Gasteiger partial charge on any atom is 0.282 e. The predicted molar refractivity (Wildman–Crippen MR) is 98.8 cm³/mol. The van der Waals surface area contributed by atoms with Crippen molar-refractivity contribution in [2.24, 2.45) is 5.10 Å². The molecule has 124 valence electrons. The van der Waals surface area contributed by atoms with E-state index in [2.05, 4.69) is 32.9 Å². The molecule has 5 nitrogen and oxygen atoms in total. The Balaban J connectivity index is 2.20. The molecule has 0 N–H and O–H groups in total. The zero-order valence-corrected chi connectivity index (χ0v) is 15.4. The molecule has 24 heavy (non-hydrogen) atoms. The summed E-state index contributed by atoms with van der Waals surface area (Å²) >= 11 is 3.40. The molecule has 0 saturated carbocycles. The van der Waals surface area contributed by atoms with E-state index in [1.165, 1.54) is 4.68 Å². The molecule has 2 aromatic heterocycles. The standard InChI is InChI=1S/C18H18BrN3O2/c1-4-11(2)17-21-16-8-6-13(19)9-15(16)18(23)22(17)20-10-14-7-5-12(3)24-14/h5-11H,4H2,1-3H3/t11-/m1/s1. The molecule has 0 aliphatic carbocycles. The Bertz CT molecular complexity index is 972. The van der Waals surface area contributed by atoms with E-state index in [0.29, 0.717) is 22.5 Å². The molecule has 2 heterocycles. The minimum atomic E-state index is -0.184. The first kappa shape index (κ1) is 16.6. The lowest BCUT2D eigenvalue weighted by atomic mass is 10.1. The molecule has 0 aliphatic heterocycles. The Hall–Kier alpha value is -2.21. The molecule has 3 rings (SSSR count). The van der Waals surface area contributed by atoms with Crippen LogP contribution in [0, 0.1) is 6.92 Å². The Morgan fingerprint density at radius 1 is 1.38 bits per heavy atom. The van der Waals surface area contributed by atoms with Gasteiger partial charge in [0.1, 0.15) is 17.3 Å². The van der Waals surface area contributed by atoms with Crippen LogP contribution >= 0.6 is 15.9 Å². The zero-order chi connectivity index (χ0) is 17.3. The highest BCUT2D eigenvalue weighted by Gasteiger charge is 2.15. The van der Waals surface area contributed by atoms with Crippen molar-refractivity contribution in [3.8, 4) is 0 Å². The number of benzene rings is 1. The van der Waals surface area contributed by atoms with Gasteiger partial charge in [0.05, 0.1) is 17.1 Å². The maximum absolute atomic E-state index is 12.9. The number of halogens is 1. The van der Waals surface area contributed by atoms with Crippen molar-refractivity contribution in [1.29, 1.82) is 0 Å². The van der Waals surface area contributed by atoms with Crippen molar-refractivity contribution >= 4 is 33.0 Å². The largest absolute Gasteiger partial charge is 0.460 e. The van der Waals surface area contributed by atoms with E-state index in [0.717, 1.165) is 16.7 Å². The molecule has 0 aliphatic rings. The average Bonchev–Trinajstić information content (AvgIpc) is 2.99. The van der Waals surface area contributed by atoms with Crippen LogP contribution in [0.15, 0.2) is 49.1 Å². The van der Waals surface area contributed by atoms with Gasteiger partial charge in [-0.05, 0) is 43.7 Å². The summed E-state index contributed by atoms with van der Waals surface area (Å²) in [6.07, 6.45) is 2.41. The van der Waals surface area contributed by atoms with Crippen LogP contribution in [0.2, 0.25) is 0 Å². The molecular weight excluding hydrogens is 370 g/mol. The van der Waals surface area contributed by atoms with Gasteiger partial charge in [0.15, 0.2) is 0 Å². The van der Waals surface area contributed by atoms with Gasteiger partial charge in [-0.15, -0.1) is 0 Å². The molecule has 0 bridgehead atoms. The molecule has 3 aromatic rings. The van der Waals surface area contributed by atoms with Gasteiger partial charge in [-0.1, -0.05) is 29.8 Å². The molecule has 0 unspecified atom stereocenters. The lowest BCUT2D eigenvalue weighted by Gasteiger charge is -2.13. The summed E-state index contributed by atoms with van der Waals surface area (Å²) in [4.78, 5) is 17.6. The van der Waals surface area contributed by atoms with Gasteiger partial charge in [-0.2, -0.15) is 9.78 Å². The fourth-order valence-corrected chi connectivity index (χ4v) is 2.78. The van der Waals surface area contributed by atoms with Gasteiger partial charge in [0, 0.05) is 10.4 Å². The van der Waals surface area contributed by atoms with E-state index >= 15 is 0 Å². The highest BCUT2D eigenvalue weighted by atomic mass is 79.9. The van der Waals surface area contributed by atoms with E-state index in [1.807, 2.05) is 38.1 Å². The van der Waals surface area contributed by atoms with E-state index in [1.54, 1.807) is 12.3 Å². The maximum atomic E-state index is 12.9. The predicted octanol–water partition coefficient (Wildman–Crippen LogP) is 4.46. The molecule has 1 atom stereocenters. The first-order chi connectivity index (χ1) is 11.5. The fraction of sp³-hybridized carbons (Fsp3) is 0.278. The van der Waals surface area contributed by atoms with Gasteiger partial charge in [-0.25, -0.2) is 4.98 Å². The topological polar surface area (TPSA) is 60.4 Å². The quantitative estimate of drug-likeness (QED) is 0.621. The molecule has 0 spiro atoms. The summed E-state index contributed by atoms with van der Waals surface area (Å²) in [7, 11) is 0. The Morgan fingerprint density at radius 3 is 2.83 bits per heavy atom. The van der Waals surface area contributed by atoms with Crippen LogP contribution in [0.25, 0.3) is 10.9 Å². The van der Waals surface area contributed by atoms with E-state index < -0.39 is 0 Å². The van der Waals surface area contributed by atoms with Crippen LogP contribution in [0.1, 0.15) is 43.5 Å². The normalized spacial score (nSPS) is 13.0. The smallest absolute Gasteiger partial charge is 0.282 e. The third-order valence-electron chi connectivity index (χ3n) is 3.95. The van der Waals surface area contributed by atoms with Gasteiger partial charge in [-0.3, -0.25) is 4.79 Å². The van der Waals surface area contributed by atoms with Crippen molar-refractivity contribution in [3.05, 3.63) is 62.5 Å². The van der Waals surface area contributed by atoms with Crippen LogP contribution in [-0.2, 0) is 0 Å². The van der Waals surface area contributed by atoms with Crippen LogP contribution in [-0.4, -0.2) is 15.9 Å². The van der Waals surface area contributed by atoms with Crippen molar-refractivity contribution < 1.29 is 4.42 Å². The summed E-state index contributed by atoms with van der Waals surface area (Å²) in [5.74, 6) is 2.16. The second kappa shape index (κ2) is 6.73. The lowest BCUT2D eigenvalue weighted by Crippen LogP contribution is -2.23. The van der Waals surface area contributed by atoms with Crippen LogP contribution in [0.4, 0.5) is 0 Å². The Morgan fingerprint density at radius 2 is 2.17 bits per heavy atom. The number of hydrogen-bond donors (Lipinski definition) is 0. The van der Waals surface area contributed by atoms with Gasteiger partial charge < -0.3 is 4.42 Å². The molecular formula is C18H18BrN3O2. The SMILES string of the molecule is CC[C@@H](C)c1nc2ccc(Br)cc2c(=O)n1N=Cc1ccc(C)o1. The molecule has 0 fully saturated rings. The number of furan rings is 1. The number of aromatic nitrogens is 2. The monoisotopic (exact) mass is 387 g/mol. The number of hydrogen-bond acceptors (Lipinski definition) is 4. The van der Waals surface area contributed by atoms with E-state index in [9.17, 15) is 4.79 Å². The first-order valence-electron chi connectivity index (χ1n) is 7.82. The minimum absolute atomic E-state index is 0.112. The summed E-state index contributed by atoms with van der Waals surface area (Å²) in [6.45, 7) is 5.96. The third-order valence-corrected chi connectivity index (χ3v) is 4.44. The van der Waals surface area contributed by atoms with E-state index in [-0.39, 0.29) is 11.5 Å². The highest BCUT2D eigenvalue weighted by molar-refractivity contribution is 9.10.